The normalized spacial score (nSPS) is 20.2. The first-order valence-corrected chi connectivity index (χ1v) is 8.61. The third-order valence-corrected chi connectivity index (χ3v) is 4.91. The molecule has 1 aromatic carbocycles. The smallest absolute Gasteiger partial charge is 0.325 e. The van der Waals surface area contributed by atoms with Crippen LogP contribution in [0.2, 0.25) is 0 Å². The van der Waals surface area contributed by atoms with E-state index in [1.165, 1.54) is 4.90 Å². The van der Waals surface area contributed by atoms with E-state index in [-0.39, 0.29) is 11.9 Å². The standard InChI is InChI=1S/C19H24N4O2/c1-14-8-4-5-9-16(14)19(3)17(24)23(18(25)21-19)12-7-6-11-22-13-10-20-15(22)2/h4-5,8-10,13H,6-7,11-12H2,1-3H3,(H,21,25)/t19-/m0/s1. The van der Waals surface area contributed by atoms with Gasteiger partial charge >= 0.3 is 6.03 Å². The molecule has 3 amide bonds. The number of hydrogen-bond donors (Lipinski definition) is 1. The number of nitrogens with one attached hydrogen (secondary N) is 1. The predicted molar refractivity (Wildman–Crippen MR) is 95.0 cm³/mol. The van der Waals surface area contributed by atoms with Crippen molar-refractivity contribution >= 4 is 11.9 Å². The van der Waals surface area contributed by atoms with E-state index in [9.17, 15) is 9.59 Å². The van der Waals surface area contributed by atoms with Crippen molar-refractivity contribution in [3.05, 3.63) is 53.6 Å². The Morgan fingerprint density at radius 2 is 1.84 bits per heavy atom. The molecule has 1 N–H and O–H groups in total. The van der Waals surface area contributed by atoms with E-state index in [4.69, 9.17) is 0 Å². The summed E-state index contributed by atoms with van der Waals surface area (Å²) in [6.45, 7) is 6.97. The quantitative estimate of drug-likeness (QED) is 0.649. The van der Waals surface area contributed by atoms with Gasteiger partial charge in [0.1, 0.15) is 11.4 Å². The first kappa shape index (κ1) is 17.2. The molecule has 0 spiro atoms. The van der Waals surface area contributed by atoms with Crippen molar-refractivity contribution in [1.82, 2.24) is 19.8 Å². The summed E-state index contributed by atoms with van der Waals surface area (Å²) in [5, 5.41) is 2.87. The number of unbranched alkanes of at least 4 members (excludes halogenated alkanes) is 1. The minimum atomic E-state index is -0.983. The molecule has 0 bridgehead atoms. The number of carbonyl (C=O) groups excluding carboxylic acids is 2. The molecule has 6 nitrogen and oxygen atoms in total. The number of rotatable bonds is 6. The molecule has 1 atom stereocenters. The molecule has 6 heteroatoms. The zero-order valence-corrected chi connectivity index (χ0v) is 15.0. The highest BCUT2D eigenvalue weighted by atomic mass is 16.2. The second-order valence-electron chi connectivity index (χ2n) is 6.70. The van der Waals surface area contributed by atoms with Crippen LogP contribution in [0.4, 0.5) is 4.79 Å². The summed E-state index contributed by atoms with van der Waals surface area (Å²) >= 11 is 0. The summed E-state index contributed by atoms with van der Waals surface area (Å²) in [6, 6.07) is 7.37. The summed E-state index contributed by atoms with van der Waals surface area (Å²) < 4.78 is 2.07. The van der Waals surface area contributed by atoms with Crippen LogP contribution in [-0.2, 0) is 16.9 Å². The van der Waals surface area contributed by atoms with E-state index in [1.807, 2.05) is 44.3 Å². The SMILES string of the molecule is Cc1ccccc1[C@]1(C)NC(=O)N(CCCCn2ccnc2C)C1=O. The monoisotopic (exact) mass is 340 g/mol. The number of aromatic nitrogens is 2. The Morgan fingerprint density at radius 3 is 2.52 bits per heavy atom. The Morgan fingerprint density at radius 1 is 1.12 bits per heavy atom. The third kappa shape index (κ3) is 3.16. The maximum absolute atomic E-state index is 12.9. The summed E-state index contributed by atoms with van der Waals surface area (Å²) in [4.78, 5) is 30.8. The average Bonchev–Trinajstić information content (AvgIpc) is 3.08. The first-order chi connectivity index (χ1) is 11.9. The van der Waals surface area contributed by atoms with Crippen LogP contribution in [0.25, 0.3) is 0 Å². The van der Waals surface area contributed by atoms with Gasteiger partial charge in [0.2, 0.25) is 0 Å². The zero-order chi connectivity index (χ0) is 18.0. The Bertz CT molecular complexity index is 798. The van der Waals surface area contributed by atoms with Crippen LogP contribution in [0.15, 0.2) is 36.7 Å². The van der Waals surface area contributed by atoms with Gasteiger partial charge in [-0.2, -0.15) is 0 Å². The van der Waals surface area contributed by atoms with Crippen molar-refractivity contribution in [3.63, 3.8) is 0 Å². The van der Waals surface area contributed by atoms with Crippen molar-refractivity contribution in [2.24, 2.45) is 0 Å². The van der Waals surface area contributed by atoms with Gasteiger partial charge < -0.3 is 9.88 Å². The topological polar surface area (TPSA) is 67.2 Å². The van der Waals surface area contributed by atoms with E-state index in [0.717, 1.165) is 36.3 Å². The number of urea groups is 1. The van der Waals surface area contributed by atoms with Gasteiger partial charge in [0, 0.05) is 25.5 Å². The molecule has 2 aromatic rings. The van der Waals surface area contributed by atoms with Crippen molar-refractivity contribution in [1.29, 1.82) is 0 Å². The van der Waals surface area contributed by atoms with Crippen LogP contribution in [0.5, 0.6) is 0 Å². The second-order valence-corrected chi connectivity index (χ2v) is 6.70. The van der Waals surface area contributed by atoms with Gasteiger partial charge in [-0.3, -0.25) is 9.69 Å². The van der Waals surface area contributed by atoms with Gasteiger partial charge in [0.05, 0.1) is 0 Å². The molecule has 0 aliphatic carbocycles. The summed E-state index contributed by atoms with van der Waals surface area (Å²) in [5.41, 5.74) is 0.865. The third-order valence-electron chi connectivity index (χ3n) is 4.91. The highest BCUT2D eigenvalue weighted by molar-refractivity contribution is 6.07. The van der Waals surface area contributed by atoms with Crippen molar-refractivity contribution in [3.8, 4) is 0 Å². The number of benzene rings is 1. The van der Waals surface area contributed by atoms with Gasteiger partial charge in [-0.05, 0) is 44.7 Å². The molecular formula is C19H24N4O2. The van der Waals surface area contributed by atoms with Crippen LogP contribution >= 0.6 is 0 Å². The lowest BCUT2D eigenvalue weighted by molar-refractivity contribution is -0.131. The van der Waals surface area contributed by atoms with Crippen LogP contribution in [-0.4, -0.2) is 32.9 Å². The fourth-order valence-electron chi connectivity index (χ4n) is 3.41. The number of amides is 3. The van der Waals surface area contributed by atoms with E-state index in [2.05, 4.69) is 14.9 Å². The van der Waals surface area contributed by atoms with Gasteiger partial charge in [-0.15, -0.1) is 0 Å². The fourth-order valence-corrected chi connectivity index (χ4v) is 3.41. The Balaban J connectivity index is 1.63. The number of imidazole rings is 1. The molecule has 25 heavy (non-hydrogen) atoms. The first-order valence-electron chi connectivity index (χ1n) is 8.61. The maximum atomic E-state index is 12.9. The lowest BCUT2D eigenvalue weighted by atomic mass is 9.88. The van der Waals surface area contributed by atoms with Crippen molar-refractivity contribution < 1.29 is 9.59 Å². The molecule has 1 fully saturated rings. The number of carbonyl (C=O) groups is 2. The minimum Gasteiger partial charge on any atom is -0.335 e. The van der Waals surface area contributed by atoms with E-state index in [1.54, 1.807) is 13.1 Å². The largest absolute Gasteiger partial charge is 0.335 e. The average molecular weight is 340 g/mol. The Labute approximate surface area is 147 Å². The highest BCUT2D eigenvalue weighted by Gasteiger charge is 2.49. The van der Waals surface area contributed by atoms with Crippen LogP contribution in [0.1, 0.15) is 36.7 Å². The lowest BCUT2D eigenvalue weighted by Crippen LogP contribution is -2.41. The van der Waals surface area contributed by atoms with Gasteiger partial charge in [0.15, 0.2) is 0 Å². The molecule has 1 aliphatic heterocycles. The molecule has 2 heterocycles. The van der Waals surface area contributed by atoms with Crippen molar-refractivity contribution in [2.75, 3.05) is 6.54 Å². The van der Waals surface area contributed by atoms with E-state index in [0.29, 0.717) is 6.54 Å². The summed E-state index contributed by atoms with van der Waals surface area (Å²) in [7, 11) is 0. The van der Waals surface area contributed by atoms with Gasteiger partial charge in [-0.25, -0.2) is 9.78 Å². The van der Waals surface area contributed by atoms with Crippen LogP contribution in [0, 0.1) is 13.8 Å². The Hall–Kier alpha value is -2.63. The van der Waals surface area contributed by atoms with E-state index >= 15 is 0 Å². The molecule has 0 unspecified atom stereocenters. The molecule has 1 aromatic heterocycles. The van der Waals surface area contributed by atoms with E-state index < -0.39 is 5.54 Å². The summed E-state index contributed by atoms with van der Waals surface area (Å²) in [5.74, 6) is 0.799. The van der Waals surface area contributed by atoms with Gasteiger partial charge in [0.25, 0.3) is 5.91 Å². The molecule has 1 saturated heterocycles. The molecule has 0 saturated carbocycles. The highest BCUT2D eigenvalue weighted by Crippen LogP contribution is 2.31. The number of aryl methyl sites for hydroxylation is 3. The Kier molecular flexibility index (Phi) is 4.61. The number of imide groups is 1. The number of hydrogen-bond acceptors (Lipinski definition) is 3. The zero-order valence-electron chi connectivity index (χ0n) is 15.0. The van der Waals surface area contributed by atoms with Gasteiger partial charge in [-0.1, -0.05) is 24.3 Å². The minimum absolute atomic E-state index is 0.175. The molecular weight excluding hydrogens is 316 g/mol. The maximum Gasteiger partial charge on any atom is 0.325 e. The van der Waals surface area contributed by atoms with Crippen LogP contribution < -0.4 is 5.32 Å². The molecule has 0 radical (unpaired) electrons. The molecule has 1 aliphatic rings. The number of nitrogens with zero attached hydrogens (tertiary/aromatic N) is 3. The second kappa shape index (κ2) is 6.70. The fraction of sp³-hybridized carbons (Fsp3) is 0.421. The summed E-state index contributed by atoms with van der Waals surface area (Å²) in [6.07, 6.45) is 5.37. The van der Waals surface area contributed by atoms with Crippen molar-refractivity contribution in [2.45, 2.75) is 45.7 Å². The molecule has 132 valence electrons. The predicted octanol–water partition coefficient (Wildman–Crippen LogP) is 2.75. The molecule has 3 rings (SSSR count). The van der Waals surface area contributed by atoms with Crippen LogP contribution in [0.3, 0.4) is 0 Å². The lowest BCUT2D eigenvalue weighted by Gasteiger charge is -2.24.